The molecule has 1 saturated carbocycles. The predicted octanol–water partition coefficient (Wildman–Crippen LogP) is 2.85. The first kappa shape index (κ1) is 18.1. The molecule has 1 aliphatic rings. The summed E-state index contributed by atoms with van der Waals surface area (Å²) in [6.07, 6.45) is 2.64. The van der Waals surface area contributed by atoms with Gasteiger partial charge in [-0.15, -0.1) is 11.8 Å². The molecule has 1 N–H and O–H groups in total. The molecule has 0 atom stereocenters. The second-order valence-corrected chi connectivity index (χ2v) is 6.83. The van der Waals surface area contributed by atoms with E-state index in [4.69, 9.17) is 4.74 Å². The second kappa shape index (κ2) is 9.78. The fourth-order valence-electron chi connectivity index (χ4n) is 2.11. The van der Waals surface area contributed by atoms with E-state index < -0.39 is 0 Å². The molecule has 0 unspecified atom stereocenters. The van der Waals surface area contributed by atoms with Crippen molar-refractivity contribution in [2.75, 3.05) is 46.2 Å². The van der Waals surface area contributed by atoms with Crippen molar-refractivity contribution in [3.05, 3.63) is 30.1 Å². The number of nitrogens with zero attached hydrogens (tertiary/aromatic N) is 2. The van der Waals surface area contributed by atoms with Crippen LogP contribution in [0.15, 0.2) is 34.2 Å². The van der Waals surface area contributed by atoms with Crippen LogP contribution in [0.3, 0.4) is 0 Å². The number of halogens is 1. The summed E-state index contributed by atoms with van der Waals surface area (Å²) in [6, 6.07) is 6.86. The quantitative estimate of drug-likeness (QED) is 0.325. The van der Waals surface area contributed by atoms with Crippen molar-refractivity contribution in [1.29, 1.82) is 0 Å². The van der Waals surface area contributed by atoms with E-state index in [-0.39, 0.29) is 5.82 Å². The van der Waals surface area contributed by atoms with Gasteiger partial charge in [-0.2, -0.15) is 0 Å². The van der Waals surface area contributed by atoms with Gasteiger partial charge >= 0.3 is 0 Å². The fourth-order valence-corrected chi connectivity index (χ4v) is 2.92. The molecule has 6 heteroatoms. The summed E-state index contributed by atoms with van der Waals surface area (Å²) in [7, 11) is 3.77. The highest BCUT2D eigenvalue weighted by Gasteiger charge is 2.21. The Balaban J connectivity index is 1.60. The molecule has 1 aromatic carbocycles. The second-order valence-electron chi connectivity index (χ2n) is 5.69. The summed E-state index contributed by atoms with van der Waals surface area (Å²) in [5.74, 6) is 2.26. The smallest absolute Gasteiger partial charge is 0.193 e. The van der Waals surface area contributed by atoms with Crippen molar-refractivity contribution >= 4 is 17.7 Å². The Bertz CT molecular complexity index is 508. The molecular weight excluding hydrogens is 313 g/mol. The van der Waals surface area contributed by atoms with E-state index in [1.165, 1.54) is 30.7 Å². The maximum Gasteiger partial charge on any atom is 0.193 e. The van der Waals surface area contributed by atoms with Gasteiger partial charge in [-0.25, -0.2) is 4.39 Å². The molecule has 0 heterocycles. The summed E-state index contributed by atoms with van der Waals surface area (Å²) in [5, 5.41) is 3.30. The third-order valence-electron chi connectivity index (χ3n) is 3.67. The Morgan fingerprint density at radius 3 is 2.91 bits per heavy atom. The van der Waals surface area contributed by atoms with Crippen molar-refractivity contribution in [3.8, 4) is 0 Å². The van der Waals surface area contributed by atoms with E-state index in [0.29, 0.717) is 4.90 Å². The van der Waals surface area contributed by atoms with Crippen molar-refractivity contribution in [2.45, 2.75) is 17.7 Å². The normalized spacial score (nSPS) is 14.8. The van der Waals surface area contributed by atoms with Crippen LogP contribution in [-0.2, 0) is 4.74 Å². The lowest BCUT2D eigenvalue weighted by atomic mass is 10.3. The number of thioether (sulfide) groups is 1. The standard InChI is InChI=1S/C17H26FN3OS/c1-19-17(21(2)10-11-22-13-14-7-8-14)20-9-12-23-16-6-4-3-5-15(16)18/h3-6,14H,7-13H2,1-2H3,(H,19,20). The van der Waals surface area contributed by atoms with Crippen molar-refractivity contribution < 1.29 is 9.13 Å². The van der Waals surface area contributed by atoms with E-state index in [2.05, 4.69) is 15.2 Å². The van der Waals surface area contributed by atoms with E-state index >= 15 is 0 Å². The highest BCUT2D eigenvalue weighted by Crippen LogP contribution is 2.28. The predicted molar refractivity (Wildman–Crippen MR) is 94.7 cm³/mol. The van der Waals surface area contributed by atoms with Gasteiger partial charge in [-0.3, -0.25) is 4.99 Å². The van der Waals surface area contributed by atoms with Gasteiger partial charge in [0.05, 0.1) is 6.61 Å². The van der Waals surface area contributed by atoms with Gasteiger partial charge in [0.2, 0.25) is 0 Å². The lowest BCUT2D eigenvalue weighted by molar-refractivity contribution is 0.115. The van der Waals surface area contributed by atoms with E-state index in [1.807, 2.05) is 13.1 Å². The van der Waals surface area contributed by atoms with Crippen LogP contribution in [0.1, 0.15) is 12.8 Å². The SMILES string of the molecule is CN=C(NCCSc1ccccc1F)N(C)CCOCC1CC1. The molecule has 0 saturated heterocycles. The molecule has 4 nitrogen and oxygen atoms in total. The lowest BCUT2D eigenvalue weighted by Crippen LogP contribution is -2.41. The maximum atomic E-state index is 13.5. The Kier molecular flexibility index (Phi) is 7.68. The lowest BCUT2D eigenvalue weighted by Gasteiger charge is -2.22. The molecule has 0 spiro atoms. The minimum Gasteiger partial charge on any atom is -0.379 e. The fraction of sp³-hybridized carbons (Fsp3) is 0.588. The van der Waals surface area contributed by atoms with Gasteiger partial charge < -0.3 is 15.0 Å². The minimum absolute atomic E-state index is 0.160. The molecule has 128 valence electrons. The van der Waals surface area contributed by atoms with E-state index in [1.54, 1.807) is 19.2 Å². The first-order valence-corrected chi connectivity index (χ1v) is 9.06. The highest BCUT2D eigenvalue weighted by atomic mass is 32.2. The number of rotatable bonds is 9. The first-order valence-electron chi connectivity index (χ1n) is 8.07. The number of guanidine groups is 1. The summed E-state index contributed by atoms with van der Waals surface area (Å²) in [4.78, 5) is 7.01. The number of ether oxygens (including phenoxy) is 1. The summed E-state index contributed by atoms with van der Waals surface area (Å²) in [5.41, 5.74) is 0. The largest absolute Gasteiger partial charge is 0.379 e. The van der Waals surface area contributed by atoms with Crippen LogP contribution in [0.5, 0.6) is 0 Å². The summed E-state index contributed by atoms with van der Waals surface area (Å²) >= 11 is 1.51. The zero-order valence-corrected chi connectivity index (χ0v) is 14.7. The summed E-state index contributed by atoms with van der Waals surface area (Å²) < 4.78 is 19.2. The molecule has 1 aromatic rings. The Labute approximate surface area is 142 Å². The maximum absolute atomic E-state index is 13.5. The Morgan fingerprint density at radius 2 is 2.22 bits per heavy atom. The molecule has 0 amide bonds. The van der Waals surface area contributed by atoms with Gasteiger partial charge in [0.15, 0.2) is 5.96 Å². The van der Waals surface area contributed by atoms with E-state index in [9.17, 15) is 4.39 Å². The van der Waals surface area contributed by atoms with Crippen LogP contribution in [0.25, 0.3) is 0 Å². The molecule has 0 bridgehead atoms. The van der Waals surface area contributed by atoms with Gasteiger partial charge in [-0.05, 0) is 30.9 Å². The van der Waals surface area contributed by atoms with Gasteiger partial charge in [-0.1, -0.05) is 12.1 Å². The summed E-state index contributed by atoms with van der Waals surface area (Å²) in [6.45, 7) is 3.16. The molecular formula is C17H26FN3OS. The van der Waals surface area contributed by atoms with E-state index in [0.717, 1.165) is 43.9 Å². The third-order valence-corrected chi connectivity index (χ3v) is 4.72. The number of hydrogen-bond donors (Lipinski definition) is 1. The monoisotopic (exact) mass is 339 g/mol. The average Bonchev–Trinajstić information content (AvgIpc) is 3.37. The molecule has 23 heavy (non-hydrogen) atoms. The topological polar surface area (TPSA) is 36.9 Å². The van der Waals surface area contributed by atoms with Crippen LogP contribution in [-0.4, -0.2) is 57.0 Å². The average molecular weight is 339 g/mol. The van der Waals surface area contributed by atoms with Gasteiger partial charge in [0, 0.05) is 44.4 Å². The number of hydrogen-bond acceptors (Lipinski definition) is 3. The molecule has 2 rings (SSSR count). The Morgan fingerprint density at radius 1 is 1.43 bits per heavy atom. The molecule has 1 fully saturated rings. The number of likely N-dealkylation sites (N-methyl/N-ethyl adjacent to an activating group) is 1. The Hall–Kier alpha value is -1.27. The van der Waals surface area contributed by atoms with Gasteiger partial charge in [0.25, 0.3) is 0 Å². The molecule has 0 aliphatic heterocycles. The third kappa shape index (κ3) is 6.79. The molecule has 1 aliphatic carbocycles. The van der Waals surface area contributed by atoms with Crippen molar-refractivity contribution in [1.82, 2.24) is 10.2 Å². The van der Waals surface area contributed by atoms with Crippen molar-refractivity contribution in [3.63, 3.8) is 0 Å². The van der Waals surface area contributed by atoms with Crippen LogP contribution < -0.4 is 5.32 Å². The van der Waals surface area contributed by atoms with Crippen molar-refractivity contribution in [2.24, 2.45) is 10.9 Å². The number of nitrogens with one attached hydrogen (secondary N) is 1. The zero-order chi connectivity index (χ0) is 16.5. The van der Waals surface area contributed by atoms with Crippen LogP contribution in [0.2, 0.25) is 0 Å². The molecule has 0 radical (unpaired) electrons. The molecule has 0 aromatic heterocycles. The van der Waals surface area contributed by atoms with Gasteiger partial charge in [0.1, 0.15) is 5.82 Å². The number of benzene rings is 1. The zero-order valence-electron chi connectivity index (χ0n) is 13.9. The number of aliphatic imine (C=N–C) groups is 1. The minimum atomic E-state index is -0.160. The van der Waals surface area contributed by atoms with Crippen LogP contribution in [0.4, 0.5) is 4.39 Å². The van der Waals surface area contributed by atoms with Crippen LogP contribution >= 0.6 is 11.8 Å². The first-order chi connectivity index (χ1) is 11.2. The van der Waals surface area contributed by atoms with Crippen LogP contribution in [0, 0.1) is 11.7 Å². The highest BCUT2D eigenvalue weighted by molar-refractivity contribution is 7.99.